The minimum Gasteiger partial charge on any atom is -0.451 e. The first kappa shape index (κ1) is 19.5. The van der Waals surface area contributed by atoms with Crippen LogP contribution in [0.4, 0.5) is 0 Å². The fourth-order valence-electron chi connectivity index (χ4n) is 8.03. The van der Waals surface area contributed by atoms with E-state index in [2.05, 4.69) is 19.9 Å². The van der Waals surface area contributed by atoms with Gasteiger partial charge in [-0.1, -0.05) is 31.5 Å². The summed E-state index contributed by atoms with van der Waals surface area (Å²) in [6.07, 6.45) is 8.18. The van der Waals surface area contributed by atoms with Crippen LogP contribution in [0.25, 0.3) is 0 Å². The summed E-state index contributed by atoms with van der Waals surface area (Å²) in [4.78, 5) is 37.1. The van der Waals surface area contributed by atoms with Gasteiger partial charge >= 0.3 is 5.97 Å². The second-order valence-electron chi connectivity index (χ2n) is 10.5. The summed E-state index contributed by atoms with van der Waals surface area (Å²) in [6.45, 7) is 7.42. The standard InChI is InChI=1S/C24H29ClO4/c1-12(26)24(29-13(2)27)8-6-16-14-10-20(25)19-11-21(28)15-9-18(15)23(19,4)17(14)5-7-22(16,24)3/h10-11,14-18H,5-9H2,1-4H3/t14-,15+,16-,17+,18+,22-,23-,24-/m0/s1. The number of Topliss-reactive ketones (excluding diaryl/α,β-unsaturated/α-hetero) is 1. The molecule has 0 saturated heterocycles. The maximum atomic E-state index is 12.8. The number of hydrogen-bond acceptors (Lipinski definition) is 4. The van der Waals surface area contributed by atoms with Crippen LogP contribution in [0.5, 0.6) is 0 Å². The van der Waals surface area contributed by atoms with E-state index in [0.29, 0.717) is 23.3 Å². The Morgan fingerprint density at radius 1 is 1.10 bits per heavy atom. The highest BCUT2D eigenvalue weighted by Crippen LogP contribution is 2.72. The van der Waals surface area contributed by atoms with Gasteiger partial charge in [0.05, 0.1) is 0 Å². The van der Waals surface area contributed by atoms with E-state index in [0.717, 1.165) is 31.3 Å². The number of carbonyl (C=O) groups excluding carboxylic acids is 3. The maximum absolute atomic E-state index is 12.8. The fourth-order valence-corrected chi connectivity index (χ4v) is 8.43. The van der Waals surface area contributed by atoms with Crippen LogP contribution in [0.1, 0.15) is 59.8 Å². The molecule has 3 fully saturated rings. The molecule has 0 radical (unpaired) electrons. The third-order valence-electron chi connectivity index (χ3n) is 9.50. The van der Waals surface area contributed by atoms with Gasteiger partial charge in [-0.15, -0.1) is 0 Å². The highest BCUT2D eigenvalue weighted by molar-refractivity contribution is 6.32. The van der Waals surface area contributed by atoms with Crippen molar-refractivity contribution < 1.29 is 19.1 Å². The molecule has 0 spiro atoms. The number of esters is 1. The molecule has 0 heterocycles. The van der Waals surface area contributed by atoms with Gasteiger partial charge in [-0.2, -0.15) is 0 Å². The lowest BCUT2D eigenvalue weighted by Crippen LogP contribution is -2.58. The van der Waals surface area contributed by atoms with Crippen LogP contribution >= 0.6 is 11.6 Å². The van der Waals surface area contributed by atoms with Crippen LogP contribution in [-0.2, 0) is 19.1 Å². The minimum absolute atomic E-state index is 0.0423. The van der Waals surface area contributed by atoms with Gasteiger partial charge in [-0.25, -0.2) is 0 Å². The number of halogens is 1. The third kappa shape index (κ3) is 2.24. The number of fused-ring (bicyclic) bond motifs is 7. The number of hydrogen-bond donors (Lipinski definition) is 0. The van der Waals surface area contributed by atoms with Crippen LogP contribution in [0, 0.1) is 40.4 Å². The van der Waals surface area contributed by atoms with Gasteiger partial charge in [-0.3, -0.25) is 14.4 Å². The molecule has 5 aliphatic rings. The summed E-state index contributed by atoms with van der Waals surface area (Å²) in [6, 6.07) is 0. The van der Waals surface area contributed by atoms with Crippen LogP contribution in [-0.4, -0.2) is 23.1 Å². The van der Waals surface area contributed by atoms with E-state index >= 15 is 0 Å². The van der Waals surface area contributed by atoms with E-state index in [1.165, 1.54) is 6.92 Å². The smallest absolute Gasteiger partial charge is 0.303 e. The van der Waals surface area contributed by atoms with Crippen LogP contribution < -0.4 is 0 Å². The predicted octanol–water partition coefficient (Wildman–Crippen LogP) is 4.61. The average Bonchev–Trinajstić information content (AvgIpc) is 3.39. The average molecular weight is 417 g/mol. The van der Waals surface area contributed by atoms with Gasteiger partial charge in [-0.05, 0) is 74.3 Å². The molecule has 5 aliphatic carbocycles. The molecule has 0 aliphatic heterocycles. The van der Waals surface area contributed by atoms with Crippen molar-refractivity contribution in [3.05, 3.63) is 22.8 Å². The molecule has 0 unspecified atom stereocenters. The topological polar surface area (TPSA) is 60.4 Å². The molecule has 0 bridgehead atoms. The van der Waals surface area contributed by atoms with Crippen molar-refractivity contribution in [2.45, 2.75) is 65.4 Å². The highest BCUT2D eigenvalue weighted by Gasteiger charge is 2.70. The van der Waals surface area contributed by atoms with Crippen molar-refractivity contribution in [1.29, 1.82) is 0 Å². The zero-order chi connectivity index (χ0) is 20.9. The van der Waals surface area contributed by atoms with Gasteiger partial charge in [0, 0.05) is 28.7 Å². The van der Waals surface area contributed by atoms with Crippen molar-refractivity contribution in [3.8, 4) is 0 Å². The van der Waals surface area contributed by atoms with Crippen molar-refractivity contribution in [2.24, 2.45) is 40.4 Å². The molecule has 8 atom stereocenters. The molecular weight excluding hydrogens is 388 g/mol. The van der Waals surface area contributed by atoms with Gasteiger partial charge < -0.3 is 4.74 Å². The van der Waals surface area contributed by atoms with Crippen LogP contribution in [0.2, 0.25) is 0 Å². The molecule has 0 aromatic heterocycles. The minimum atomic E-state index is -1.03. The molecule has 29 heavy (non-hydrogen) atoms. The Morgan fingerprint density at radius 2 is 1.79 bits per heavy atom. The molecule has 4 nitrogen and oxygen atoms in total. The summed E-state index contributed by atoms with van der Waals surface area (Å²) in [5, 5.41) is 0.713. The molecule has 3 saturated carbocycles. The Hall–Kier alpha value is -1.42. The molecule has 5 rings (SSSR count). The number of allylic oxidation sites excluding steroid dienone is 4. The summed E-state index contributed by atoms with van der Waals surface area (Å²) >= 11 is 6.79. The number of ether oxygens (including phenoxy) is 1. The largest absolute Gasteiger partial charge is 0.451 e. The SMILES string of the molecule is CC(=O)O[C@]1(C(C)=O)CC[C@H]2[C@@H]3C=C(Cl)C4=CC(=O)[C@@H]5C[C@H]5[C@]4(C)[C@@H]3CC[C@@]21C. The van der Waals surface area contributed by atoms with Gasteiger partial charge in [0.15, 0.2) is 17.2 Å². The second kappa shape index (κ2) is 5.84. The highest BCUT2D eigenvalue weighted by atomic mass is 35.5. The molecule has 0 amide bonds. The molecule has 0 aromatic rings. The van der Waals surface area contributed by atoms with E-state index in [4.69, 9.17) is 16.3 Å². The second-order valence-corrected chi connectivity index (χ2v) is 10.9. The first-order valence-electron chi connectivity index (χ1n) is 10.9. The summed E-state index contributed by atoms with van der Waals surface area (Å²) in [5.74, 6) is 1.27. The van der Waals surface area contributed by atoms with Crippen molar-refractivity contribution in [2.75, 3.05) is 0 Å². The third-order valence-corrected chi connectivity index (χ3v) is 9.83. The quantitative estimate of drug-likeness (QED) is 0.617. The molecule has 156 valence electrons. The lowest BCUT2D eigenvalue weighted by Gasteiger charge is -2.57. The summed E-state index contributed by atoms with van der Waals surface area (Å²) in [7, 11) is 0. The first-order chi connectivity index (χ1) is 13.6. The van der Waals surface area contributed by atoms with E-state index < -0.39 is 5.60 Å². The summed E-state index contributed by atoms with van der Waals surface area (Å²) < 4.78 is 5.82. The molecule has 5 heteroatoms. The predicted molar refractivity (Wildman–Crippen MR) is 109 cm³/mol. The monoisotopic (exact) mass is 416 g/mol. The van der Waals surface area contributed by atoms with Crippen LogP contribution in [0.3, 0.4) is 0 Å². The number of carbonyl (C=O) groups is 3. The van der Waals surface area contributed by atoms with E-state index in [1.807, 2.05) is 6.08 Å². The Bertz CT molecular complexity index is 903. The molecule has 0 aromatic carbocycles. The molecule has 0 N–H and O–H groups in total. The lowest BCUT2D eigenvalue weighted by atomic mass is 9.47. The maximum Gasteiger partial charge on any atom is 0.303 e. The molecular formula is C24H29ClO4. The van der Waals surface area contributed by atoms with E-state index in [-0.39, 0.29) is 46.1 Å². The van der Waals surface area contributed by atoms with Crippen LogP contribution in [0.15, 0.2) is 22.8 Å². The number of rotatable bonds is 2. The summed E-state index contributed by atoms with van der Waals surface area (Å²) in [5.41, 5.74) is -0.455. The number of ketones is 2. The van der Waals surface area contributed by atoms with Crippen molar-refractivity contribution in [3.63, 3.8) is 0 Å². The van der Waals surface area contributed by atoms with E-state index in [1.54, 1.807) is 6.92 Å². The zero-order valence-corrected chi connectivity index (χ0v) is 18.3. The van der Waals surface area contributed by atoms with Crippen molar-refractivity contribution in [1.82, 2.24) is 0 Å². The van der Waals surface area contributed by atoms with Gasteiger partial charge in [0.25, 0.3) is 0 Å². The normalized spacial score (nSPS) is 49.7. The Labute approximate surface area is 177 Å². The zero-order valence-electron chi connectivity index (χ0n) is 17.6. The Kier molecular flexibility index (Phi) is 3.93. The van der Waals surface area contributed by atoms with Crippen molar-refractivity contribution >= 4 is 29.1 Å². The van der Waals surface area contributed by atoms with Gasteiger partial charge in [0.1, 0.15) is 0 Å². The van der Waals surface area contributed by atoms with Gasteiger partial charge in [0.2, 0.25) is 0 Å². The fraction of sp³-hybridized carbons (Fsp3) is 0.708. The Balaban J connectivity index is 1.60. The Morgan fingerprint density at radius 3 is 2.45 bits per heavy atom. The first-order valence-corrected chi connectivity index (χ1v) is 11.3. The lowest BCUT2D eigenvalue weighted by molar-refractivity contribution is -0.185. The van der Waals surface area contributed by atoms with E-state index in [9.17, 15) is 14.4 Å².